The maximum Gasteiger partial charge on any atom is 0.306 e. The van der Waals surface area contributed by atoms with Gasteiger partial charge in [0.25, 0.3) is 0 Å². The first-order chi connectivity index (χ1) is 13.2. The first-order valence-electron chi connectivity index (χ1n) is 10.8. The molecule has 0 amide bonds. The van der Waals surface area contributed by atoms with E-state index in [9.17, 15) is 9.90 Å². The van der Waals surface area contributed by atoms with Gasteiger partial charge in [0, 0.05) is 0 Å². The van der Waals surface area contributed by atoms with Gasteiger partial charge in [-0.05, 0) is 50.5 Å². The Morgan fingerprint density at radius 1 is 0.889 bits per heavy atom. The van der Waals surface area contributed by atoms with Crippen LogP contribution in [0, 0.1) is 5.92 Å². The third kappa shape index (κ3) is 13.1. The van der Waals surface area contributed by atoms with Crippen LogP contribution in [0.15, 0.2) is 54.6 Å². The number of rotatable bonds is 16. The molecule has 1 N–H and O–H groups in total. The van der Waals surface area contributed by atoms with Gasteiger partial charge in [0.05, 0.1) is 5.92 Å². The van der Waals surface area contributed by atoms with Crippen LogP contribution in [-0.4, -0.2) is 11.1 Å². The van der Waals surface area contributed by atoms with E-state index in [1.54, 1.807) is 0 Å². The summed E-state index contributed by atoms with van der Waals surface area (Å²) in [6.07, 6.45) is 22.4. The molecular formula is C25H38O2. The zero-order chi connectivity index (χ0) is 19.6. The highest BCUT2D eigenvalue weighted by molar-refractivity contribution is 5.70. The van der Waals surface area contributed by atoms with Crippen LogP contribution >= 0.6 is 0 Å². The molecule has 150 valence electrons. The van der Waals surface area contributed by atoms with Crippen molar-refractivity contribution in [3.63, 3.8) is 0 Å². The number of carboxylic acid groups (broad SMARTS) is 1. The number of carbonyl (C=O) groups is 1. The molecule has 2 heteroatoms. The SMILES string of the molecule is CCCCCC=CCC=CCCCCCCC(Cc1ccccc1)C(=O)O. The van der Waals surface area contributed by atoms with E-state index < -0.39 is 5.97 Å². The quantitative estimate of drug-likeness (QED) is 0.244. The topological polar surface area (TPSA) is 37.3 Å². The van der Waals surface area contributed by atoms with Crippen molar-refractivity contribution in [1.82, 2.24) is 0 Å². The van der Waals surface area contributed by atoms with Gasteiger partial charge in [0.2, 0.25) is 0 Å². The van der Waals surface area contributed by atoms with Gasteiger partial charge in [-0.1, -0.05) is 93.7 Å². The maximum atomic E-state index is 11.5. The molecule has 0 aliphatic heterocycles. The van der Waals surface area contributed by atoms with Crippen molar-refractivity contribution in [3.05, 3.63) is 60.2 Å². The van der Waals surface area contributed by atoms with E-state index in [1.165, 1.54) is 38.5 Å². The number of aliphatic carboxylic acids is 1. The maximum absolute atomic E-state index is 11.5. The van der Waals surface area contributed by atoms with Gasteiger partial charge in [-0.2, -0.15) is 0 Å². The summed E-state index contributed by atoms with van der Waals surface area (Å²) >= 11 is 0. The molecule has 0 radical (unpaired) electrons. The summed E-state index contributed by atoms with van der Waals surface area (Å²) in [5, 5.41) is 9.42. The third-order valence-corrected chi connectivity index (χ3v) is 4.93. The van der Waals surface area contributed by atoms with Crippen molar-refractivity contribution < 1.29 is 9.90 Å². The lowest BCUT2D eigenvalue weighted by molar-refractivity contribution is -0.142. The number of unbranched alkanes of at least 4 members (excludes halogenated alkanes) is 7. The zero-order valence-corrected chi connectivity index (χ0v) is 17.1. The molecule has 1 unspecified atom stereocenters. The average Bonchev–Trinajstić information content (AvgIpc) is 2.68. The molecule has 0 saturated carbocycles. The van der Waals surface area contributed by atoms with Gasteiger partial charge in [0.1, 0.15) is 0 Å². The predicted molar refractivity (Wildman–Crippen MR) is 116 cm³/mol. The van der Waals surface area contributed by atoms with Gasteiger partial charge in [0.15, 0.2) is 0 Å². The van der Waals surface area contributed by atoms with E-state index in [0.717, 1.165) is 37.7 Å². The van der Waals surface area contributed by atoms with Gasteiger partial charge in [-0.25, -0.2) is 0 Å². The molecule has 1 aromatic rings. The first-order valence-corrected chi connectivity index (χ1v) is 10.8. The largest absolute Gasteiger partial charge is 0.481 e. The van der Waals surface area contributed by atoms with Gasteiger partial charge in [-0.15, -0.1) is 0 Å². The second-order valence-electron chi connectivity index (χ2n) is 7.39. The fourth-order valence-electron chi connectivity index (χ4n) is 3.24. The van der Waals surface area contributed by atoms with E-state index in [-0.39, 0.29) is 5.92 Å². The lowest BCUT2D eigenvalue weighted by Gasteiger charge is -2.12. The summed E-state index contributed by atoms with van der Waals surface area (Å²) < 4.78 is 0. The smallest absolute Gasteiger partial charge is 0.306 e. The second-order valence-corrected chi connectivity index (χ2v) is 7.39. The van der Waals surface area contributed by atoms with Gasteiger partial charge < -0.3 is 5.11 Å². The van der Waals surface area contributed by atoms with Crippen molar-refractivity contribution in [2.45, 2.75) is 84.0 Å². The van der Waals surface area contributed by atoms with Crippen molar-refractivity contribution in [2.24, 2.45) is 5.92 Å². The van der Waals surface area contributed by atoms with Crippen molar-refractivity contribution >= 4 is 5.97 Å². The Kier molecular flexibility index (Phi) is 14.1. The van der Waals surface area contributed by atoms with E-state index in [4.69, 9.17) is 0 Å². The standard InChI is InChI=1S/C25H38O2/c1-2-3-4-5-6-7-8-9-10-11-12-13-14-18-21-24(25(26)27)22-23-19-16-15-17-20-23/h6-7,9-10,15-17,19-20,24H,2-5,8,11-14,18,21-22H2,1H3,(H,26,27). The van der Waals surface area contributed by atoms with Crippen molar-refractivity contribution in [3.8, 4) is 0 Å². The highest BCUT2D eigenvalue weighted by atomic mass is 16.4. The van der Waals surface area contributed by atoms with Crippen molar-refractivity contribution in [2.75, 3.05) is 0 Å². The molecular weight excluding hydrogens is 332 g/mol. The summed E-state index contributed by atoms with van der Waals surface area (Å²) in [6, 6.07) is 9.96. The Balaban J connectivity index is 2.03. The van der Waals surface area contributed by atoms with Gasteiger partial charge in [-0.3, -0.25) is 4.79 Å². The van der Waals surface area contributed by atoms with Crippen molar-refractivity contribution in [1.29, 1.82) is 0 Å². The van der Waals surface area contributed by atoms with E-state index in [2.05, 4.69) is 31.2 Å². The lowest BCUT2D eigenvalue weighted by atomic mass is 9.93. The van der Waals surface area contributed by atoms with Crippen LogP contribution < -0.4 is 0 Å². The molecule has 0 aliphatic rings. The molecule has 1 aromatic carbocycles. The van der Waals surface area contributed by atoms with E-state index >= 15 is 0 Å². The number of hydrogen-bond acceptors (Lipinski definition) is 1. The van der Waals surface area contributed by atoms with E-state index in [0.29, 0.717) is 6.42 Å². The summed E-state index contributed by atoms with van der Waals surface area (Å²) in [6.45, 7) is 2.24. The van der Waals surface area contributed by atoms with E-state index in [1.807, 2.05) is 30.3 Å². The van der Waals surface area contributed by atoms with Crippen LogP contribution in [0.3, 0.4) is 0 Å². The molecule has 0 bridgehead atoms. The summed E-state index contributed by atoms with van der Waals surface area (Å²) in [5.74, 6) is -0.916. The monoisotopic (exact) mass is 370 g/mol. The molecule has 0 aliphatic carbocycles. The Bertz CT molecular complexity index is 531. The molecule has 0 spiro atoms. The second kappa shape index (κ2) is 16.4. The molecule has 0 heterocycles. The fraction of sp³-hybridized carbons (Fsp3) is 0.560. The molecule has 1 atom stereocenters. The van der Waals surface area contributed by atoms with Crippen LogP contribution in [0.5, 0.6) is 0 Å². The molecule has 1 rings (SSSR count). The molecule has 2 nitrogen and oxygen atoms in total. The van der Waals surface area contributed by atoms with Crippen LogP contribution in [0.2, 0.25) is 0 Å². The number of allylic oxidation sites excluding steroid dienone is 4. The summed E-state index contributed by atoms with van der Waals surface area (Å²) in [5.41, 5.74) is 1.12. The molecule has 0 saturated heterocycles. The molecule has 0 fully saturated rings. The minimum atomic E-state index is -0.662. The Morgan fingerprint density at radius 3 is 2.15 bits per heavy atom. The molecule has 27 heavy (non-hydrogen) atoms. The van der Waals surface area contributed by atoms with Crippen LogP contribution in [0.25, 0.3) is 0 Å². The zero-order valence-electron chi connectivity index (χ0n) is 17.1. The highest BCUT2D eigenvalue weighted by Crippen LogP contribution is 2.17. The van der Waals surface area contributed by atoms with Crippen LogP contribution in [-0.2, 0) is 11.2 Å². The normalized spacial score (nSPS) is 12.8. The van der Waals surface area contributed by atoms with Crippen LogP contribution in [0.1, 0.15) is 83.1 Å². The number of benzene rings is 1. The minimum absolute atomic E-state index is 0.253. The lowest BCUT2D eigenvalue weighted by Crippen LogP contribution is -2.16. The molecule has 0 aromatic heterocycles. The predicted octanol–water partition coefficient (Wildman–Crippen LogP) is 7.35. The fourth-order valence-corrected chi connectivity index (χ4v) is 3.24. The van der Waals surface area contributed by atoms with Crippen LogP contribution in [0.4, 0.5) is 0 Å². The third-order valence-electron chi connectivity index (χ3n) is 4.93. The Morgan fingerprint density at radius 2 is 1.52 bits per heavy atom. The number of hydrogen-bond donors (Lipinski definition) is 1. The Hall–Kier alpha value is -1.83. The highest BCUT2D eigenvalue weighted by Gasteiger charge is 2.17. The minimum Gasteiger partial charge on any atom is -0.481 e. The Labute approximate surface area is 166 Å². The average molecular weight is 371 g/mol. The number of carboxylic acids is 1. The van der Waals surface area contributed by atoms with Gasteiger partial charge >= 0.3 is 5.97 Å². The first kappa shape index (κ1) is 23.2. The summed E-state index contributed by atoms with van der Waals surface area (Å²) in [7, 11) is 0. The summed E-state index contributed by atoms with van der Waals surface area (Å²) in [4.78, 5) is 11.5.